The smallest absolute Gasteiger partial charge is 0.335 e. The topological polar surface area (TPSA) is 89.9 Å². The molecule has 0 unspecified atom stereocenters. The van der Waals surface area contributed by atoms with Gasteiger partial charge in [0.2, 0.25) is 0 Å². The third-order valence-electron chi connectivity index (χ3n) is 3.21. The lowest BCUT2D eigenvalue weighted by Crippen LogP contribution is -2.10. The Hall–Kier alpha value is -2.38. The molecule has 24 heavy (non-hydrogen) atoms. The summed E-state index contributed by atoms with van der Waals surface area (Å²) in [6.07, 6.45) is 0.381. The van der Waals surface area contributed by atoms with Gasteiger partial charge in [-0.05, 0) is 43.3 Å². The van der Waals surface area contributed by atoms with Gasteiger partial charge >= 0.3 is 5.97 Å². The fourth-order valence-corrected chi connectivity index (χ4v) is 2.83. The van der Waals surface area contributed by atoms with E-state index in [1.165, 1.54) is 24.3 Å². The van der Waals surface area contributed by atoms with Crippen molar-refractivity contribution in [2.45, 2.75) is 18.2 Å². The largest absolute Gasteiger partial charge is 0.494 e. The molecule has 0 aliphatic rings. The molecule has 0 bridgehead atoms. The molecule has 0 spiro atoms. The van der Waals surface area contributed by atoms with Crippen LogP contribution in [0.2, 0.25) is 0 Å². The maximum Gasteiger partial charge on any atom is 0.335 e. The number of benzene rings is 2. The van der Waals surface area contributed by atoms with Crippen molar-refractivity contribution >= 4 is 16.1 Å². The van der Waals surface area contributed by atoms with Gasteiger partial charge in [0, 0.05) is 6.42 Å². The summed E-state index contributed by atoms with van der Waals surface area (Å²) >= 11 is 0. The van der Waals surface area contributed by atoms with E-state index in [1.54, 1.807) is 24.3 Å². The van der Waals surface area contributed by atoms with Crippen molar-refractivity contribution < 1.29 is 27.2 Å². The van der Waals surface area contributed by atoms with Gasteiger partial charge < -0.3 is 9.84 Å². The van der Waals surface area contributed by atoms with Crippen LogP contribution in [-0.2, 0) is 14.3 Å². The first kappa shape index (κ1) is 18.0. The van der Waals surface area contributed by atoms with Crippen molar-refractivity contribution in [2.75, 3.05) is 13.2 Å². The van der Waals surface area contributed by atoms with Crippen LogP contribution in [-0.4, -0.2) is 32.7 Å². The Morgan fingerprint density at radius 2 is 1.62 bits per heavy atom. The van der Waals surface area contributed by atoms with E-state index in [4.69, 9.17) is 14.0 Å². The lowest BCUT2D eigenvalue weighted by molar-refractivity contribution is 0.0697. The molecule has 0 amide bonds. The standard InChI is InChI=1S/C17H18O6S/c1-13-3-9-16(10-4-13)24(20,21)23-12-2-11-22-15-7-5-14(6-8-15)17(18)19/h3-10H,2,11-12H2,1H3,(H,18,19). The summed E-state index contributed by atoms with van der Waals surface area (Å²) in [5.41, 5.74) is 1.14. The molecule has 6 nitrogen and oxygen atoms in total. The van der Waals surface area contributed by atoms with Crippen LogP contribution in [0.1, 0.15) is 22.3 Å². The third-order valence-corrected chi connectivity index (χ3v) is 4.53. The van der Waals surface area contributed by atoms with Crippen LogP contribution >= 0.6 is 0 Å². The van der Waals surface area contributed by atoms with E-state index in [0.29, 0.717) is 12.2 Å². The second-order valence-electron chi connectivity index (χ2n) is 5.12. The normalized spacial score (nSPS) is 11.2. The van der Waals surface area contributed by atoms with Gasteiger partial charge in [0.05, 0.1) is 23.7 Å². The van der Waals surface area contributed by atoms with Crippen LogP contribution in [0.5, 0.6) is 5.75 Å². The van der Waals surface area contributed by atoms with E-state index in [1.807, 2.05) is 6.92 Å². The first-order chi connectivity index (χ1) is 11.4. The molecule has 1 N–H and O–H groups in total. The Labute approximate surface area is 140 Å². The van der Waals surface area contributed by atoms with E-state index in [0.717, 1.165) is 5.56 Å². The average Bonchev–Trinajstić information content (AvgIpc) is 2.55. The maximum absolute atomic E-state index is 12.0. The number of aryl methyl sites for hydroxylation is 1. The summed E-state index contributed by atoms with van der Waals surface area (Å²) in [6.45, 7) is 2.14. The molecule has 0 aliphatic carbocycles. The molecular weight excluding hydrogens is 332 g/mol. The highest BCUT2D eigenvalue weighted by molar-refractivity contribution is 7.86. The molecule has 2 rings (SSSR count). The van der Waals surface area contributed by atoms with Gasteiger partial charge in [0.15, 0.2) is 0 Å². The van der Waals surface area contributed by atoms with Crippen LogP contribution in [0.15, 0.2) is 53.4 Å². The zero-order valence-electron chi connectivity index (χ0n) is 13.1. The highest BCUT2D eigenvalue weighted by Crippen LogP contribution is 2.14. The molecule has 7 heteroatoms. The van der Waals surface area contributed by atoms with Gasteiger partial charge in [-0.1, -0.05) is 17.7 Å². The minimum Gasteiger partial charge on any atom is -0.494 e. The monoisotopic (exact) mass is 350 g/mol. The maximum atomic E-state index is 12.0. The molecule has 0 saturated carbocycles. The number of hydrogen-bond donors (Lipinski definition) is 1. The van der Waals surface area contributed by atoms with Crippen molar-refractivity contribution in [3.8, 4) is 5.75 Å². The minimum atomic E-state index is -3.76. The van der Waals surface area contributed by atoms with E-state index in [-0.39, 0.29) is 23.7 Å². The average molecular weight is 350 g/mol. The van der Waals surface area contributed by atoms with Crippen LogP contribution in [0.4, 0.5) is 0 Å². The van der Waals surface area contributed by atoms with E-state index in [2.05, 4.69) is 0 Å². The van der Waals surface area contributed by atoms with Crippen LogP contribution in [0, 0.1) is 6.92 Å². The van der Waals surface area contributed by atoms with Crippen molar-refractivity contribution in [3.63, 3.8) is 0 Å². The second kappa shape index (κ2) is 7.94. The molecule has 0 aromatic heterocycles. The quantitative estimate of drug-likeness (QED) is 0.581. The van der Waals surface area contributed by atoms with Gasteiger partial charge in [-0.15, -0.1) is 0 Å². The summed E-state index contributed by atoms with van der Waals surface area (Å²) in [6, 6.07) is 12.4. The molecule has 0 saturated heterocycles. The Morgan fingerprint density at radius 1 is 1.00 bits per heavy atom. The number of rotatable bonds is 8. The van der Waals surface area contributed by atoms with Crippen molar-refractivity contribution in [1.29, 1.82) is 0 Å². The SMILES string of the molecule is Cc1ccc(S(=O)(=O)OCCCOc2ccc(C(=O)O)cc2)cc1. The zero-order valence-corrected chi connectivity index (χ0v) is 14.0. The van der Waals surface area contributed by atoms with Crippen molar-refractivity contribution in [1.82, 2.24) is 0 Å². The zero-order chi connectivity index (χ0) is 17.6. The summed E-state index contributed by atoms with van der Waals surface area (Å²) < 4.78 is 34.3. The van der Waals surface area contributed by atoms with E-state index < -0.39 is 16.1 Å². The molecule has 0 heterocycles. The number of carbonyl (C=O) groups is 1. The number of carboxylic acid groups (broad SMARTS) is 1. The predicted octanol–water partition coefficient (Wildman–Crippen LogP) is 2.87. The third kappa shape index (κ3) is 5.07. The van der Waals surface area contributed by atoms with Gasteiger partial charge in [0.25, 0.3) is 10.1 Å². The highest BCUT2D eigenvalue weighted by Gasteiger charge is 2.14. The number of aromatic carboxylic acids is 1. The molecular formula is C17H18O6S. The fourth-order valence-electron chi connectivity index (χ4n) is 1.88. The lowest BCUT2D eigenvalue weighted by Gasteiger charge is -2.08. The Kier molecular flexibility index (Phi) is 5.94. The Balaban J connectivity index is 1.76. The minimum absolute atomic E-state index is 0.00339. The molecule has 0 atom stereocenters. The summed E-state index contributed by atoms with van der Waals surface area (Å²) in [7, 11) is -3.76. The number of hydrogen-bond acceptors (Lipinski definition) is 5. The first-order valence-electron chi connectivity index (χ1n) is 7.31. The Bertz CT molecular complexity index is 779. The molecule has 128 valence electrons. The molecule has 0 radical (unpaired) electrons. The van der Waals surface area contributed by atoms with Crippen LogP contribution in [0.25, 0.3) is 0 Å². The second-order valence-corrected chi connectivity index (χ2v) is 6.74. The van der Waals surface area contributed by atoms with E-state index in [9.17, 15) is 13.2 Å². The lowest BCUT2D eigenvalue weighted by atomic mass is 10.2. The molecule has 0 fully saturated rings. The van der Waals surface area contributed by atoms with Gasteiger partial charge in [0.1, 0.15) is 5.75 Å². The van der Waals surface area contributed by atoms with Gasteiger partial charge in [-0.2, -0.15) is 8.42 Å². The number of ether oxygens (including phenoxy) is 1. The highest BCUT2D eigenvalue weighted by atomic mass is 32.2. The molecule has 2 aromatic carbocycles. The summed E-state index contributed by atoms with van der Waals surface area (Å²) in [4.78, 5) is 10.9. The number of carboxylic acids is 1. The summed E-state index contributed by atoms with van der Waals surface area (Å²) in [5.74, 6) is -0.488. The van der Waals surface area contributed by atoms with Gasteiger partial charge in [-0.3, -0.25) is 4.18 Å². The van der Waals surface area contributed by atoms with Gasteiger partial charge in [-0.25, -0.2) is 4.79 Å². The Morgan fingerprint density at radius 3 is 2.21 bits per heavy atom. The van der Waals surface area contributed by atoms with Crippen LogP contribution in [0.3, 0.4) is 0 Å². The molecule has 0 aliphatic heterocycles. The van der Waals surface area contributed by atoms with Crippen LogP contribution < -0.4 is 4.74 Å². The van der Waals surface area contributed by atoms with Crippen molar-refractivity contribution in [2.24, 2.45) is 0 Å². The summed E-state index contributed by atoms with van der Waals surface area (Å²) in [5, 5.41) is 8.79. The predicted molar refractivity (Wildman–Crippen MR) is 87.8 cm³/mol. The first-order valence-corrected chi connectivity index (χ1v) is 8.71. The molecule has 2 aromatic rings. The van der Waals surface area contributed by atoms with Crippen molar-refractivity contribution in [3.05, 3.63) is 59.7 Å². The van der Waals surface area contributed by atoms with E-state index >= 15 is 0 Å². The fraction of sp³-hybridized carbons (Fsp3) is 0.235.